The van der Waals surface area contributed by atoms with Gasteiger partial charge in [0.05, 0.1) is 6.54 Å². The standard InChI is InChI=1S/C24H30ClN3O2/c1-17-3-8-22(15-18(17)2)27-23(29)16-28-13-10-20(11-14-28)24(30)26-12-9-19-4-6-21(25)7-5-19/h3-8,15,20H,9-14,16H2,1-2H3,(H,26,30)(H,27,29). The van der Waals surface area contributed by atoms with E-state index >= 15 is 0 Å². The molecule has 2 N–H and O–H groups in total. The smallest absolute Gasteiger partial charge is 0.238 e. The highest BCUT2D eigenvalue weighted by Crippen LogP contribution is 2.18. The number of carbonyl (C=O) groups is 2. The number of hydrogen-bond donors (Lipinski definition) is 2. The number of rotatable bonds is 7. The lowest BCUT2D eigenvalue weighted by atomic mass is 9.96. The first-order valence-corrected chi connectivity index (χ1v) is 10.9. The maximum absolute atomic E-state index is 12.4. The molecule has 3 rings (SSSR count). The summed E-state index contributed by atoms with van der Waals surface area (Å²) in [5.41, 5.74) is 4.36. The number of anilines is 1. The van der Waals surface area contributed by atoms with Gasteiger partial charge in [-0.1, -0.05) is 29.8 Å². The van der Waals surface area contributed by atoms with Gasteiger partial charge in [-0.05, 0) is 87.2 Å². The molecule has 2 aromatic rings. The zero-order chi connectivity index (χ0) is 21.5. The van der Waals surface area contributed by atoms with E-state index in [1.165, 1.54) is 5.56 Å². The molecule has 160 valence electrons. The second-order valence-corrected chi connectivity index (χ2v) is 8.50. The fraction of sp³-hybridized carbons (Fsp3) is 0.417. The number of likely N-dealkylation sites (tertiary alicyclic amines) is 1. The van der Waals surface area contributed by atoms with E-state index in [1.807, 2.05) is 49.4 Å². The van der Waals surface area contributed by atoms with Gasteiger partial charge in [-0.25, -0.2) is 0 Å². The minimum absolute atomic E-state index is 0.0101. The van der Waals surface area contributed by atoms with Crippen LogP contribution in [-0.4, -0.2) is 42.9 Å². The molecule has 5 nitrogen and oxygen atoms in total. The normalized spacial score (nSPS) is 15.0. The van der Waals surface area contributed by atoms with E-state index in [9.17, 15) is 9.59 Å². The predicted molar refractivity (Wildman–Crippen MR) is 122 cm³/mol. The molecule has 2 aromatic carbocycles. The van der Waals surface area contributed by atoms with Crippen molar-refractivity contribution in [1.82, 2.24) is 10.2 Å². The van der Waals surface area contributed by atoms with Crippen LogP contribution in [-0.2, 0) is 16.0 Å². The van der Waals surface area contributed by atoms with Crippen LogP contribution in [0, 0.1) is 19.8 Å². The first-order chi connectivity index (χ1) is 14.4. The molecule has 0 unspecified atom stereocenters. The molecule has 0 aromatic heterocycles. The lowest BCUT2D eigenvalue weighted by Crippen LogP contribution is -2.43. The van der Waals surface area contributed by atoms with Gasteiger partial charge < -0.3 is 10.6 Å². The number of hydrogen-bond acceptors (Lipinski definition) is 3. The largest absolute Gasteiger partial charge is 0.356 e. The predicted octanol–water partition coefficient (Wildman–Crippen LogP) is 3.97. The highest BCUT2D eigenvalue weighted by Gasteiger charge is 2.25. The average Bonchev–Trinajstić information content (AvgIpc) is 2.72. The number of piperidine rings is 1. The third kappa shape index (κ3) is 6.57. The molecule has 1 aliphatic rings. The van der Waals surface area contributed by atoms with Crippen LogP contribution in [0.2, 0.25) is 5.02 Å². The summed E-state index contributed by atoms with van der Waals surface area (Å²) in [6.45, 7) is 6.59. The Hall–Kier alpha value is -2.37. The Labute approximate surface area is 183 Å². The lowest BCUT2D eigenvalue weighted by molar-refractivity contribution is -0.126. The van der Waals surface area contributed by atoms with Crippen molar-refractivity contribution in [2.45, 2.75) is 33.1 Å². The molecular formula is C24H30ClN3O2. The molecule has 1 fully saturated rings. The van der Waals surface area contributed by atoms with E-state index in [4.69, 9.17) is 11.6 Å². The van der Waals surface area contributed by atoms with Crippen LogP contribution in [0.5, 0.6) is 0 Å². The van der Waals surface area contributed by atoms with Crippen molar-refractivity contribution in [3.63, 3.8) is 0 Å². The quantitative estimate of drug-likeness (QED) is 0.702. The van der Waals surface area contributed by atoms with Crippen molar-refractivity contribution in [3.05, 3.63) is 64.2 Å². The number of amides is 2. The van der Waals surface area contributed by atoms with Gasteiger partial charge in [-0.2, -0.15) is 0 Å². The molecule has 0 aliphatic carbocycles. The van der Waals surface area contributed by atoms with Crippen LogP contribution < -0.4 is 10.6 Å². The highest BCUT2D eigenvalue weighted by molar-refractivity contribution is 6.30. The molecule has 30 heavy (non-hydrogen) atoms. The van der Waals surface area contributed by atoms with Crippen LogP contribution in [0.15, 0.2) is 42.5 Å². The Morgan fingerprint density at radius 3 is 2.40 bits per heavy atom. The fourth-order valence-electron chi connectivity index (χ4n) is 3.70. The summed E-state index contributed by atoms with van der Waals surface area (Å²) in [7, 11) is 0. The van der Waals surface area contributed by atoms with E-state index in [0.717, 1.165) is 54.2 Å². The second-order valence-electron chi connectivity index (χ2n) is 8.07. The highest BCUT2D eigenvalue weighted by atomic mass is 35.5. The monoisotopic (exact) mass is 427 g/mol. The summed E-state index contributed by atoms with van der Waals surface area (Å²) in [6, 6.07) is 13.6. The Kier molecular flexibility index (Phi) is 7.88. The number of halogens is 1. The SMILES string of the molecule is Cc1ccc(NC(=O)CN2CCC(C(=O)NCCc3ccc(Cl)cc3)CC2)cc1C. The zero-order valence-electron chi connectivity index (χ0n) is 17.7. The van der Waals surface area contributed by atoms with Gasteiger partial charge >= 0.3 is 0 Å². The molecule has 0 atom stereocenters. The second kappa shape index (κ2) is 10.6. The Bertz CT molecular complexity index is 875. The van der Waals surface area contributed by atoms with E-state index in [1.54, 1.807) is 0 Å². The fourth-order valence-corrected chi connectivity index (χ4v) is 3.83. The average molecular weight is 428 g/mol. The number of carbonyl (C=O) groups excluding carboxylic acids is 2. The third-order valence-corrected chi connectivity index (χ3v) is 5.99. The Morgan fingerprint density at radius 1 is 1.03 bits per heavy atom. The molecule has 1 aliphatic heterocycles. The summed E-state index contributed by atoms with van der Waals surface area (Å²) in [6.07, 6.45) is 2.35. The van der Waals surface area contributed by atoms with Crippen molar-refractivity contribution in [1.29, 1.82) is 0 Å². The van der Waals surface area contributed by atoms with Gasteiger partial charge in [0.25, 0.3) is 0 Å². The first kappa shape index (κ1) is 22.3. The number of nitrogens with zero attached hydrogens (tertiary/aromatic N) is 1. The molecule has 6 heteroatoms. The molecule has 0 saturated carbocycles. The number of aryl methyl sites for hydroxylation is 2. The topological polar surface area (TPSA) is 61.4 Å². The molecule has 0 radical (unpaired) electrons. The zero-order valence-corrected chi connectivity index (χ0v) is 18.5. The Morgan fingerprint density at radius 2 is 1.73 bits per heavy atom. The Balaban J connectivity index is 1.36. The van der Waals surface area contributed by atoms with Crippen molar-refractivity contribution in [2.24, 2.45) is 5.92 Å². The van der Waals surface area contributed by atoms with Gasteiger partial charge in [0.1, 0.15) is 0 Å². The summed E-state index contributed by atoms with van der Waals surface area (Å²) < 4.78 is 0. The van der Waals surface area contributed by atoms with Crippen LogP contribution >= 0.6 is 11.6 Å². The molecule has 0 bridgehead atoms. The molecule has 0 spiro atoms. The van der Waals surface area contributed by atoms with E-state index in [0.29, 0.717) is 13.1 Å². The summed E-state index contributed by atoms with van der Waals surface area (Å²) in [5.74, 6) is 0.126. The van der Waals surface area contributed by atoms with Crippen molar-refractivity contribution >= 4 is 29.1 Å². The number of benzene rings is 2. The maximum Gasteiger partial charge on any atom is 0.238 e. The van der Waals surface area contributed by atoms with E-state index < -0.39 is 0 Å². The molecule has 1 heterocycles. The summed E-state index contributed by atoms with van der Waals surface area (Å²) in [5, 5.41) is 6.73. The minimum atomic E-state index is -0.0101. The van der Waals surface area contributed by atoms with Crippen LogP contribution in [0.25, 0.3) is 0 Å². The minimum Gasteiger partial charge on any atom is -0.356 e. The van der Waals surface area contributed by atoms with Crippen LogP contribution in [0.1, 0.15) is 29.5 Å². The van der Waals surface area contributed by atoms with Crippen LogP contribution in [0.4, 0.5) is 5.69 Å². The molecule has 2 amide bonds. The lowest BCUT2D eigenvalue weighted by Gasteiger charge is -2.30. The van der Waals surface area contributed by atoms with Crippen molar-refractivity contribution in [2.75, 3.05) is 31.5 Å². The number of nitrogens with one attached hydrogen (secondary N) is 2. The van der Waals surface area contributed by atoms with Crippen molar-refractivity contribution < 1.29 is 9.59 Å². The summed E-state index contributed by atoms with van der Waals surface area (Å²) >= 11 is 5.89. The van der Waals surface area contributed by atoms with Gasteiger partial charge in [0.2, 0.25) is 11.8 Å². The first-order valence-electron chi connectivity index (χ1n) is 10.5. The van der Waals surface area contributed by atoms with Gasteiger partial charge in [-0.15, -0.1) is 0 Å². The van der Waals surface area contributed by atoms with Gasteiger partial charge in [-0.3, -0.25) is 14.5 Å². The third-order valence-electron chi connectivity index (χ3n) is 5.74. The maximum atomic E-state index is 12.4. The van der Waals surface area contributed by atoms with Crippen molar-refractivity contribution in [3.8, 4) is 0 Å². The van der Waals surface area contributed by atoms with Crippen LogP contribution in [0.3, 0.4) is 0 Å². The van der Waals surface area contributed by atoms with E-state index in [-0.39, 0.29) is 17.7 Å². The van der Waals surface area contributed by atoms with E-state index in [2.05, 4.69) is 22.5 Å². The molecular weight excluding hydrogens is 398 g/mol. The summed E-state index contributed by atoms with van der Waals surface area (Å²) in [4.78, 5) is 26.9. The van der Waals surface area contributed by atoms with Gasteiger partial charge in [0, 0.05) is 23.2 Å². The van der Waals surface area contributed by atoms with Gasteiger partial charge in [0.15, 0.2) is 0 Å². The molecule has 1 saturated heterocycles.